The molecule has 0 bridgehead atoms. The first-order valence-corrected chi connectivity index (χ1v) is 6.21. The number of rotatable bonds is 1. The van der Waals surface area contributed by atoms with Gasteiger partial charge in [-0.05, 0) is 18.6 Å². The minimum absolute atomic E-state index is 0.0172. The maximum absolute atomic E-state index is 12.2. The van der Waals surface area contributed by atoms with Crippen LogP contribution in [0.15, 0.2) is 12.1 Å². The molecule has 0 unspecified atom stereocenters. The normalized spacial score (nSPS) is 16.1. The SMILES string of the molecule is O=C1CN(C(=O)c2nc(Cl)ccc2Cl)CCCN1. The zero-order valence-corrected chi connectivity index (χ0v) is 11.0. The Hall–Kier alpha value is -1.33. The van der Waals surface area contributed by atoms with Crippen molar-refractivity contribution in [2.24, 2.45) is 0 Å². The average Bonchev–Trinajstić information content (AvgIpc) is 2.56. The number of hydrogen-bond acceptors (Lipinski definition) is 3. The van der Waals surface area contributed by atoms with E-state index < -0.39 is 0 Å². The molecule has 0 aromatic carbocycles. The number of nitrogens with one attached hydrogen (secondary N) is 1. The van der Waals surface area contributed by atoms with Crippen molar-refractivity contribution < 1.29 is 9.59 Å². The molecular weight excluding hydrogens is 277 g/mol. The lowest BCUT2D eigenvalue weighted by molar-refractivity contribution is -0.121. The third-order valence-electron chi connectivity index (χ3n) is 2.56. The van der Waals surface area contributed by atoms with Gasteiger partial charge in [0.25, 0.3) is 5.91 Å². The highest BCUT2D eigenvalue weighted by Gasteiger charge is 2.23. The van der Waals surface area contributed by atoms with Crippen LogP contribution in [0.1, 0.15) is 16.9 Å². The molecule has 96 valence electrons. The summed E-state index contributed by atoms with van der Waals surface area (Å²) in [7, 11) is 0. The maximum Gasteiger partial charge on any atom is 0.274 e. The molecule has 7 heteroatoms. The fourth-order valence-electron chi connectivity index (χ4n) is 1.70. The zero-order valence-electron chi connectivity index (χ0n) is 9.45. The minimum atomic E-state index is -0.375. The van der Waals surface area contributed by atoms with Gasteiger partial charge in [0.2, 0.25) is 5.91 Å². The highest BCUT2D eigenvalue weighted by molar-refractivity contribution is 6.34. The van der Waals surface area contributed by atoms with Crippen molar-refractivity contribution >= 4 is 35.0 Å². The molecule has 1 aromatic rings. The van der Waals surface area contributed by atoms with Gasteiger partial charge in [0, 0.05) is 13.1 Å². The van der Waals surface area contributed by atoms with Gasteiger partial charge in [0.1, 0.15) is 10.8 Å². The molecule has 0 aliphatic carbocycles. The molecule has 0 spiro atoms. The molecule has 1 aromatic heterocycles. The second-order valence-corrected chi connectivity index (χ2v) is 4.69. The van der Waals surface area contributed by atoms with E-state index in [1.165, 1.54) is 17.0 Å². The average molecular weight is 288 g/mol. The zero-order chi connectivity index (χ0) is 13.1. The fraction of sp³-hybridized carbons (Fsp3) is 0.364. The van der Waals surface area contributed by atoms with Crippen LogP contribution in [0.4, 0.5) is 0 Å². The highest BCUT2D eigenvalue weighted by atomic mass is 35.5. The standard InChI is InChI=1S/C11H11Cl2N3O2/c12-7-2-3-8(13)15-10(7)11(18)16-5-1-4-14-9(17)6-16/h2-3H,1,4-6H2,(H,14,17). The van der Waals surface area contributed by atoms with Crippen LogP contribution >= 0.6 is 23.2 Å². The molecule has 1 fully saturated rings. The van der Waals surface area contributed by atoms with Crippen LogP contribution in [0.3, 0.4) is 0 Å². The summed E-state index contributed by atoms with van der Waals surface area (Å²) in [6.07, 6.45) is 0.704. The molecule has 0 radical (unpaired) electrons. The van der Waals surface area contributed by atoms with Crippen LogP contribution < -0.4 is 5.32 Å². The van der Waals surface area contributed by atoms with E-state index in [0.717, 1.165) is 0 Å². The number of halogens is 2. The van der Waals surface area contributed by atoms with E-state index in [1.54, 1.807) is 0 Å². The topological polar surface area (TPSA) is 62.3 Å². The molecule has 1 aliphatic rings. The van der Waals surface area contributed by atoms with E-state index in [0.29, 0.717) is 19.5 Å². The molecule has 2 amide bonds. The summed E-state index contributed by atoms with van der Waals surface area (Å²) < 4.78 is 0. The Balaban J connectivity index is 2.24. The van der Waals surface area contributed by atoms with Gasteiger partial charge in [0.15, 0.2) is 0 Å². The lowest BCUT2D eigenvalue weighted by atomic mass is 10.3. The first-order chi connectivity index (χ1) is 8.58. The Kier molecular flexibility index (Phi) is 4.04. The first kappa shape index (κ1) is 13.1. The summed E-state index contributed by atoms with van der Waals surface area (Å²) in [5.41, 5.74) is 0.0823. The number of carbonyl (C=O) groups is 2. The van der Waals surface area contributed by atoms with Gasteiger partial charge < -0.3 is 10.2 Å². The Morgan fingerprint density at radius 2 is 2.17 bits per heavy atom. The lowest BCUT2D eigenvalue weighted by Gasteiger charge is -2.18. The molecule has 0 atom stereocenters. The minimum Gasteiger partial charge on any atom is -0.354 e. The molecular formula is C11H11Cl2N3O2. The van der Waals surface area contributed by atoms with Crippen molar-refractivity contribution in [1.29, 1.82) is 0 Å². The van der Waals surface area contributed by atoms with Crippen molar-refractivity contribution in [3.8, 4) is 0 Å². The number of pyridine rings is 1. The summed E-state index contributed by atoms with van der Waals surface area (Å²) in [5, 5.41) is 3.12. The van der Waals surface area contributed by atoms with Crippen molar-refractivity contribution in [3.63, 3.8) is 0 Å². The maximum atomic E-state index is 12.2. The van der Waals surface area contributed by atoms with Crippen LogP contribution in [-0.4, -0.2) is 41.3 Å². The Morgan fingerprint density at radius 3 is 2.94 bits per heavy atom. The molecule has 1 saturated heterocycles. The van der Waals surface area contributed by atoms with Gasteiger partial charge in [-0.15, -0.1) is 0 Å². The Labute approximate surface area is 114 Å². The van der Waals surface area contributed by atoms with Crippen LogP contribution in [-0.2, 0) is 4.79 Å². The number of carbonyl (C=O) groups excluding carboxylic acids is 2. The van der Waals surface area contributed by atoms with Crippen LogP contribution in [0.5, 0.6) is 0 Å². The van der Waals surface area contributed by atoms with Gasteiger partial charge in [-0.2, -0.15) is 0 Å². The van der Waals surface area contributed by atoms with Gasteiger partial charge in [-0.1, -0.05) is 23.2 Å². The Bertz CT molecular complexity index is 493. The third-order valence-corrected chi connectivity index (χ3v) is 3.08. The van der Waals surface area contributed by atoms with Crippen molar-refractivity contribution in [1.82, 2.24) is 15.2 Å². The number of amides is 2. The summed E-state index contributed by atoms with van der Waals surface area (Å²) in [6.45, 7) is 1.07. The predicted octanol–water partition coefficient (Wildman–Crippen LogP) is 1.35. The summed E-state index contributed by atoms with van der Waals surface area (Å²) in [6, 6.07) is 3.03. The second-order valence-electron chi connectivity index (χ2n) is 3.89. The van der Waals surface area contributed by atoms with Crippen LogP contribution in [0.2, 0.25) is 10.2 Å². The van der Waals surface area contributed by atoms with Crippen molar-refractivity contribution in [3.05, 3.63) is 28.0 Å². The molecule has 2 rings (SSSR count). The third kappa shape index (κ3) is 2.91. The van der Waals surface area contributed by atoms with Crippen molar-refractivity contribution in [2.75, 3.05) is 19.6 Å². The fourth-order valence-corrected chi connectivity index (χ4v) is 2.03. The first-order valence-electron chi connectivity index (χ1n) is 5.46. The second kappa shape index (κ2) is 5.54. The molecule has 1 N–H and O–H groups in total. The summed E-state index contributed by atoms with van der Waals surface area (Å²) in [5.74, 6) is -0.557. The van der Waals surface area contributed by atoms with Gasteiger partial charge >= 0.3 is 0 Å². The van der Waals surface area contributed by atoms with Crippen molar-refractivity contribution in [2.45, 2.75) is 6.42 Å². The smallest absolute Gasteiger partial charge is 0.274 e. The van der Waals surface area contributed by atoms with E-state index in [1.807, 2.05) is 0 Å². The Morgan fingerprint density at radius 1 is 1.39 bits per heavy atom. The molecule has 1 aliphatic heterocycles. The quantitative estimate of drug-likeness (QED) is 0.793. The van der Waals surface area contributed by atoms with Crippen LogP contribution in [0.25, 0.3) is 0 Å². The molecule has 5 nitrogen and oxygen atoms in total. The van der Waals surface area contributed by atoms with E-state index in [4.69, 9.17) is 23.2 Å². The van der Waals surface area contributed by atoms with E-state index in [9.17, 15) is 9.59 Å². The van der Waals surface area contributed by atoms with Crippen LogP contribution in [0, 0.1) is 0 Å². The molecule has 0 saturated carbocycles. The summed E-state index contributed by atoms with van der Waals surface area (Å²) >= 11 is 11.7. The molecule has 2 heterocycles. The number of hydrogen-bond donors (Lipinski definition) is 1. The van der Waals surface area contributed by atoms with Gasteiger partial charge in [-0.3, -0.25) is 9.59 Å². The monoisotopic (exact) mass is 287 g/mol. The molecule has 18 heavy (non-hydrogen) atoms. The number of aromatic nitrogens is 1. The lowest BCUT2D eigenvalue weighted by Crippen LogP contribution is -2.37. The van der Waals surface area contributed by atoms with E-state index in [-0.39, 0.29) is 34.2 Å². The van der Waals surface area contributed by atoms with E-state index in [2.05, 4.69) is 10.3 Å². The predicted molar refractivity (Wildman–Crippen MR) is 67.8 cm³/mol. The van der Waals surface area contributed by atoms with E-state index >= 15 is 0 Å². The van der Waals surface area contributed by atoms with Gasteiger partial charge in [-0.25, -0.2) is 4.98 Å². The highest BCUT2D eigenvalue weighted by Crippen LogP contribution is 2.18. The number of nitrogens with zero attached hydrogens (tertiary/aromatic N) is 2. The van der Waals surface area contributed by atoms with Gasteiger partial charge in [0.05, 0.1) is 11.6 Å². The largest absolute Gasteiger partial charge is 0.354 e. The summed E-state index contributed by atoms with van der Waals surface area (Å²) in [4.78, 5) is 28.9.